The van der Waals surface area contributed by atoms with E-state index in [9.17, 15) is 14.4 Å². The van der Waals surface area contributed by atoms with Crippen molar-refractivity contribution in [1.82, 2.24) is 15.5 Å². The Labute approximate surface area is 243 Å². The van der Waals surface area contributed by atoms with Gasteiger partial charge in [0, 0.05) is 25.3 Å². The second kappa shape index (κ2) is 14.9. The van der Waals surface area contributed by atoms with Gasteiger partial charge in [0.25, 0.3) is 0 Å². The minimum atomic E-state index is -0.639. The van der Waals surface area contributed by atoms with Gasteiger partial charge in [0.05, 0.1) is 12.6 Å². The van der Waals surface area contributed by atoms with Crippen LogP contribution in [0.3, 0.4) is 0 Å². The fourth-order valence-corrected chi connectivity index (χ4v) is 4.50. The van der Waals surface area contributed by atoms with Crippen molar-refractivity contribution in [1.29, 1.82) is 0 Å². The molecule has 1 heterocycles. The van der Waals surface area contributed by atoms with Crippen LogP contribution in [-0.2, 0) is 20.9 Å². The van der Waals surface area contributed by atoms with Crippen LogP contribution in [0.4, 0.5) is 15.3 Å². The Morgan fingerprint density at radius 2 is 1.80 bits per heavy atom. The molecule has 0 unspecified atom stereocenters. The molecule has 220 valence electrons. The number of hydrogen-bond acceptors (Lipinski definition) is 6. The fourth-order valence-electron chi connectivity index (χ4n) is 4.50. The van der Waals surface area contributed by atoms with Gasteiger partial charge in [0.1, 0.15) is 18.2 Å². The summed E-state index contributed by atoms with van der Waals surface area (Å²) in [5.74, 6) is -0.184. The van der Waals surface area contributed by atoms with Crippen molar-refractivity contribution in [2.45, 2.75) is 57.9 Å². The summed E-state index contributed by atoms with van der Waals surface area (Å²) >= 11 is 0. The predicted octanol–water partition coefficient (Wildman–Crippen LogP) is 5.35. The Bertz CT molecular complexity index is 1190. The van der Waals surface area contributed by atoms with Crippen molar-refractivity contribution in [2.24, 2.45) is 0 Å². The summed E-state index contributed by atoms with van der Waals surface area (Å²) in [5, 5.41) is 5.89. The van der Waals surface area contributed by atoms with Crippen LogP contribution in [0, 0.1) is 0 Å². The van der Waals surface area contributed by atoms with Gasteiger partial charge in [-0.2, -0.15) is 0 Å². The third kappa shape index (κ3) is 9.70. The van der Waals surface area contributed by atoms with Gasteiger partial charge in [-0.3, -0.25) is 4.79 Å². The van der Waals surface area contributed by atoms with Crippen molar-refractivity contribution < 1.29 is 23.9 Å². The molecule has 2 N–H and O–H groups in total. The van der Waals surface area contributed by atoms with Crippen molar-refractivity contribution in [3.8, 4) is 0 Å². The maximum atomic E-state index is 13.3. The molecule has 9 heteroatoms. The molecule has 1 saturated heterocycles. The lowest BCUT2D eigenvalue weighted by Crippen LogP contribution is -2.60. The zero-order valence-electron chi connectivity index (χ0n) is 24.3. The van der Waals surface area contributed by atoms with E-state index < -0.39 is 23.8 Å². The number of alkyl carbamates (subject to hydrolysis) is 1. The molecule has 3 rings (SSSR count). The fraction of sp³-hybridized carbons (Fsp3) is 0.406. The SMILES string of the molecule is C=CCCNC(=O)[C@@H]1CN(C(=O)OC(C)(C)C)CCN1c1cccc([C@H](CC=C)NC(=O)OCc2ccccc2)c1. The predicted molar refractivity (Wildman–Crippen MR) is 161 cm³/mol. The Morgan fingerprint density at radius 1 is 1.05 bits per heavy atom. The van der Waals surface area contributed by atoms with Crippen LogP contribution in [0.1, 0.15) is 50.8 Å². The summed E-state index contributed by atoms with van der Waals surface area (Å²) in [6.07, 6.45) is 3.63. The first-order chi connectivity index (χ1) is 19.6. The maximum absolute atomic E-state index is 13.3. The highest BCUT2D eigenvalue weighted by Crippen LogP contribution is 2.27. The van der Waals surface area contributed by atoms with Crippen molar-refractivity contribution in [2.75, 3.05) is 31.1 Å². The molecule has 0 bridgehead atoms. The topological polar surface area (TPSA) is 100 Å². The van der Waals surface area contributed by atoms with E-state index in [-0.39, 0.29) is 25.1 Å². The zero-order valence-corrected chi connectivity index (χ0v) is 24.3. The van der Waals surface area contributed by atoms with E-state index in [0.29, 0.717) is 32.5 Å². The van der Waals surface area contributed by atoms with Gasteiger partial charge in [-0.15, -0.1) is 13.2 Å². The number of benzene rings is 2. The van der Waals surface area contributed by atoms with Gasteiger partial charge in [-0.25, -0.2) is 9.59 Å². The van der Waals surface area contributed by atoms with E-state index in [1.807, 2.05) is 80.3 Å². The monoisotopic (exact) mass is 562 g/mol. The Balaban J connectivity index is 1.78. The molecule has 0 spiro atoms. The lowest BCUT2D eigenvalue weighted by Gasteiger charge is -2.42. The van der Waals surface area contributed by atoms with E-state index in [4.69, 9.17) is 9.47 Å². The Hall–Kier alpha value is -4.27. The number of amides is 3. The minimum absolute atomic E-state index is 0.165. The number of piperazine rings is 1. The van der Waals surface area contributed by atoms with Crippen LogP contribution in [0.15, 0.2) is 79.9 Å². The number of hydrogen-bond donors (Lipinski definition) is 2. The third-order valence-electron chi connectivity index (χ3n) is 6.49. The summed E-state index contributed by atoms with van der Waals surface area (Å²) in [7, 11) is 0. The van der Waals surface area contributed by atoms with Crippen molar-refractivity contribution in [3.63, 3.8) is 0 Å². The summed E-state index contributed by atoms with van der Waals surface area (Å²) < 4.78 is 11.0. The van der Waals surface area contributed by atoms with E-state index in [1.54, 1.807) is 17.1 Å². The number of carbonyl (C=O) groups excluding carboxylic acids is 3. The Kier molecular flexibility index (Phi) is 11.4. The van der Waals surface area contributed by atoms with Crippen LogP contribution < -0.4 is 15.5 Å². The molecule has 1 aliphatic heterocycles. The molecular weight excluding hydrogens is 520 g/mol. The van der Waals surface area contributed by atoms with Crippen LogP contribution in [0.5, 0.6) is 0 Å². The first-order valence-corrected chi connectivity index (χ1v) is 13.9. The molecule has 3 amide bonds. The second-order valence-electron chi connectivity index (χ2n) is 10.9. The molecule has 2 aromatic carbocycles. The molecule has 1 aliphatic rings. The molecule has 1 fully saturated rings. The minimum Gasteiger partial charge on any atom is -0.445 e. The van der Waals surface area contributed by atoms with Crippen molar-refractivity contribution >= 4 is 23.8 Å². The number of rotatable bonds is 11. The van der Waals surface area contributed by atoms with Gasteiger partial charge in [0.15, 0.2) is 0 Å². The molecule has 9 nitrogen and oxygen atoms in total. The summed E-state index contributed by atoms with van der Waals surface area (Å²) in [6.45, 7) is 14.6. The lowest BCUT2D eigenvalue weighted by atomic mass is 10.0. The molecule has 0 aliphatic carbocycles. The summed E-state index contributed by atoms with van der Waals surface area (Å²) in [6, 6.07) is 16.2. The van der Waals surface area contributed by atoms with Gasteiger partial charge in [-0.05, 0) is 56.9 Å². The molecule has 41 heavy (non-hydrogen) atoms. The highest BCUT2D eigenvalue weighted by molar-refractivity contribution is 5.86. The first-order valence-electron chi connectivity index (χ1n) is 13.9. The second-order valence-corrected chi connectivity index (χ2v) is 10.9. The normalized spacial score (nSPS) is 15.8. The third-order valence-corrected chi connectivity index (χ3v) is 6.49. The average molecular weight is 563 g/mol. The highest BCUT2D eigenvalue weighted by atomic mass is 16.6. The number of nitrogens with one attached hydrogen (secondary N) is 2. The number of anilines is 1. The maximum Gasteiger partial charge on any atom is 0.410 e. The van der Waals surface area contributed by atoms with Gasteiger partial charge < -0.3 is 29.9 Å². The van der Waals surface area contributed by atoms with Gasteiger partial charge in [0.2, 0.25) is 5.91 Å². The Morgan fingerprint density at radius 3 is 2.49 bits per heavy atom. The number of carbonyl (C=O) groups is 3. The first kappa shape index (κ1) is 31.3. The van der Waals surface area contributed by atoms with Crippen LogP contribution in [0.25, 0.3) is 0 Å². The smallest absolute Gasteiger partial charge is 0.410 e. The van der Waals surface area contributed by atoms with Gasteiger partial charge >= 0.3 is 12.2 Å². The van der Waals surface area contributed by atoms with E-state index in [0.717, 1.165) is 16.8 Å². The largest absolute Gasteiger partial charge is 0.445 e. The van der Waals surface area contributed by atoms with Gasteiger partial charge in [-0.1, -0.05) is 54.6 Å². The number of nitrogens with zero attached hydrogens (tertiary/aromatic N) is 2. The molecule has 0 saturated carbocycles. The van der Waals surface area contributed by atoms with Crippen molar-refractivity contribution in [3.05, 3.63) is 91.0 Å². The lowest BCUT2D eigenvalue weighted by molar-refractivity contribution is -0.123. The molecule has 0 radical (unpaired) electrons. The van der Waals surface area contributed by atoms with Crippen LogP contribution in [0.2, 0.25) is 0 Å². The molecular formula is C32H42N4O5. The van der Waals surface area contributed by atoms with Crippen LogP contribution in [-0.4, -0.2) is 60.8 Å². The molecule has 0 aromatic heterocycles. The standard InChI is InChI=1S/C32H42N4O5/c1-6-8-18-33-29(37)28-22-35(31(39)41-32(3,4)5)19-20-36(28)26-17-12-16-25(21-26)27(13-7-2)34-30(38)40-23-24-14-10-9-11-15-24/h6-7,9-12,14-17,21,27-28H,1-2,8,13,18-20,22-23H2,3-5H3,(H,33,37)(H,34,38)/t27-,28-/m0/s1. The highest BCUT2D eigenvalue weighted by Gasteiger charge is 2.36. The average Bonchev–Trinajstić information content (AvgIpc) is 2.95. The molecule has 2 atom stereocenters. The quantitative estimate of drug-likeness (QED) is 0.283. The van der Waals surface area contributed by atoms with E-state index >= 15 is 0 Å². The molecule has 2 aromatic rings. The number of ether oxygens (including phenoxy) is 2. The van der Waals surface area contributed by atoms with E-state index in [1.165, 1.54) is 0 Å². The summed E-state index contributed by atoms with van der Waals surface area (Å²) in [4.78, 5) is 42.3. The van der Waals surface area contributed by atoms with E-state index in [2.05, 4.69) is 23.8 Å². The summed E-state index contributed by atoms with van der Waals surface area (Å²) in [5.41, 5.74) is 1.91. The zero-order chi connectivity index (χ0) is 29.8. The van der Waals surface area contributed by atoms with Crippen LogP contribution >= 0.6 is 0 Å².